The number of nitrogens with zero attached hydrogens (tertiary/aromatic N) is 2. The second-order valence-corrected chi connectivity index (χ2v) is 7.67. The first-order valence-corrected chi connectivity index (χ1v) is 9.77. The van der Waals surface area contributed by atoms with Crippen LogP contribution in [0.15, 0.2) is 48.5 Å². The van der Waals surface area contributed by atoms with Crippen LogP contribution in [0.25, 0.3) is 0 Å². The molecule has 27 heavy (non-hydrogen) atoms. The fraction of sp³-hybridized carbons (Fsp3) is 0.409. The second-order valence-electron chi connectivity index (χ2n) is 7.67. The molecule has 0 spiro atoms. The number of anilines is 1. The molecule has 2 atom stereocenters. The molecule has 4 rings (SSSR count). The van der Waals surface area contributed by atoms with Crippen LogP contribution in [0.1, 0.15) is 22.7 Å². The quantitative estimate of drug-likeness (QED) is 0.878. The maximum Gasteiger partial charge on any atom is 0.229 e. The molecule has 0 saturated carbocycles. The van der Waals surface area contributed by atoms with E-state index in [1.54, 1.807) is 0 Å². The molecule has 2 aliphatic rings. The lowest BCUT2D eigenvalue weighted by atomic mass is 9.93. The number of nitrogens with one attached hydrogen (secondary N) is 2. The fourth-order valence-corrected chi connectivity index (χ4v) is 3.99. The standard InChI is InChI=1S/C22H28N4O/c1-16-3-7-18(8-4-16)21-20(15-23-24-21)22(27)26-13-11-25(12-14-26)19-9-5-17(2)6-10-19/h3-10,20-21,23-24H,11-15H2,1-2H3. The third kappa shape index (κ3) is 3.84. The van der Waals surface area contributed by atoms with Crippen molar-refractivity contribution in [2.24, 2.45) is 5.92 Å². The first kappa shape index (κ1) is 18.0. The van der Waals surface area contributed by atoms with E-state index < -0.39 is 0 Å². The van der Waals surface area contributed by atoms with Gasteiger partial charge >= 0.3 is 0 Å². The smallest absolute Gasteiger partial charge is 0.229 e. The van der Waals surface area contributed by atoms with Crippen LogP contribution >= 0.6 is 0 Å². The minimum absolute atomic E-state index is 0.0354. The van der Waals surface area contributed by atoms with Crippen molar-refractivity contribution in [3.63, 3.8) is 0 Å². The third-order valence-corrected chi connectivity index (χ3v) is 5.73. The van der Waals surface area contributed by atoms with Crippen molar-refractivity contribution in [3.05, 3.63) is 65.2 Å². The minimum atomic E-state index is -0.0568. The average Bonchev–Trinajstić information content (AvgIpc) is 3.18. The van der Waals surface area contributed by atoms with E-state index in [1.165, 1.54) is 22.4 Å². The molecule has 0 aliphatic carbocycles. The summed E-state index contributed by atoms with van der Waals surface area (Å²) in [6, 6.07) is 17.1. The van der Waals surface area contributed by atoms with Crippen LogP contribution in [0.3, 0.4) is 0 Å². The van der Waals surface area contributed by atoms with Gasteiger partial charge in [0.1, 0.15) is 0 Å². The van der Waals surface area contributed by atoms with Crippen LogP contribution in [0.4, 0.5) is 5.69 Å². The maximum absolute atomic E-state index is 13.2. The molecule has 2 unspecified atom stereocenters. The molecule has 2 aliphatic heterocycles. The molecule has 2 fully saturated rings. The lowest BCUT2D eigenvalue weighted by Gasteiger charge is -2.37. The molecule has 0 bridgehead atoms. The van der Waals surface area contributed by atoms with Gasteiger partial charge in [0.25, 0.3) is 0 Å². The van der Waals surface area contributed by atoms with Gasteiger partial charge in [0.05, 0.1) is 12.0 Å². The second kappa shape index (κ2) is 7.71. The lowest BCUT2D eigenvalue weighted by molar-refractivity contribution is -0.135. The molecule has 142 valence electrons. The summed E-state index contributed by atoms with van der Waals surface area (Å²) in [5, 5.41) is 0. The predicted octanol–water partition coefficient (Wildman–Crippen LogP) is 2.42. The normalized spacial score (nSPS) is 22.9. The van der Waals surface area contributed by atoms with Crippen LogP contribution in [-0.2, 0) is 4.79 Å². The molecule has 0 aromatic heterocycles. The molecule has 2 aromatic rings. The van der Waals surface area contributed by atoms with Crippen molar-refractivity contribution in [1.82, 2.24) is 15.8 Å². The number of aryl methyl sites for hydroxylation is 2. The molecule has 2 heterocycles. The van der Waals surface area contributed by atoms with Crippen LogP contribution in [-0.4, -0.2) is 43.5 Å². The van der Waals surface area contributed by atoms with Crippen LogP contribution < -0.4 is 15.8 Å². The van der Waals surface area contributed by atoms with Crippen molar-refractivity contribution < 1.29 is 4.79 Å². The Balaban J connectivity index is 1.39. The average molecular weight is 364 g/mol. The largest absolute Gasteiger partial charge is 0.368 e. The van der Waals surface area contributed by atoms with Gasteiger partial charge in [0.2, 0.25) is 5.91 Å². The molecule has 5 nitrogen and oxygen atoms in total. The Hall–Kier alpha value is -2.37. The molecule has 5 heteroatoms. The van der Waals surface area contributed by atoms with E-state index in [0.717, 1.165) is 26.2 Å². The Bertz CT molecular complexity index is 779. The number of hydrazine groups is 1. The fourth-order valence-electron chi connectivity index (χ4n) is 3.99. The third-order valence-electron chi connectivity index (χ3n) is 5.73. The zero-order chi connectivity index (χ0) is 18.8. The minimum Gasteiger partial charge on any atom is -0.368 e. The lowest BCUT2D eigenvalue weighted by Crippen LogP contribution is -2.51. The SMILES string of the molecule is Cc1ccc(C2NNCC2C(=O)N2CCN(c3ccc(C)cc3)CC2)cc1. The molecular formula is C22H28N4O. The van der Waals surface area contributed by atoms with Crippen LogP contribution in [0.2, 0.25) is 0 Å². The summed E-state index contributed by atoms with van der Waals surface area (Å²) in [4.78, 5) is 17.6. The van der Waals surface area contributed by atoms with Gasteiger partial charge in [0.15, 0.2) is 0 Å². The Kier molecular flexibility index (Phi) is 5.14. The highest BCUT2D eigenvalue weighted by Crippen LogP contribution is 2.27. The van der Waals surface area contributed by atoms with E-state index in [-0.39, 0.29) is 17.9 Å². The van der Waals surface area contributed by atoms with Crippen molar-refractivity contribution in [2.45, 2.75) is 19.9 Å². The Morgan fingerprint density at radius 1 is 0.889 bits per heavy atom. The number of hydrogen-bond donors (Lipinski definition) is 2. The zero-order valence-electron chi connectivity index (χ0n) is 16.1. The first-order valence-electron chi connectivity index (χ1n) is 9.77. The summed E-state index contributed by atoms with van der Waals surface area (Å²) in [5.41, 5.74) is 11.4. The summed E-state index contributed by atoms with van der Waals surface area (Å²) in [7, 11) is 0. The number of amides is 1. The number of piperazine rings is 1. The van der Waals surface area contributed by atoms with E-state index in [4.69, 9.17) is 0 Å². The van der Waals surface area contributed by atoms with Crippen molar-refractivity contribution in [2.75, 3.05) is 37.6 Å². The summed E-state index contributed by atoms with van der Waals surface area (Å²) in [6.07, 6.45) is 0. The highest BCUT2D eigenvalue weighted by Gasteiger charge is 2.37. The molecule has 2 saturated heterocycles. The predicted molar refractivity (Wildman–Crippen MR) is 109 cm³/mol. The van der Waals surface area contributed by atoms with Gasteiger partial charge in [-0.1, -0.05) is 47.5 Å². The van der Waals surface area contributed by atoms with Gasteiger partial charge in [-0.05, 0) is 31.5 Å². The Labute approximate surface area is 161 Å². The van der Waals surface area contributed by atoms with Gasteiger partial charge in [-0.3, -0.25) is 10.2 Å². The highest BCUT2D eigenvalue weighted by atomic mass is 16.2. The van der Waals surface area contributed by atoms with Crippen molar-refractivity contribution in [3.8, 4) is 0 Å². The van der Waals surface area contributed by atoms with Gasteiger partial charge in [0, 0.05) is 38.4 Å². The summed E-state index contributed by atoms with van der Waals surface area (Å²) >= 11 is 0. The van der Waals surface area contributed by atoms with Crippen molar-refractivity contribution >= 4 is 11.6 Å². The highest BCUT2D eigenvalue weighted by molar-refractivity contribution is 5.80. The van der Waals surface area contributed by atoms with Crippen LogP contribution in [0, 0.1) is 19.8 Å². The molecule has 0 radical (unpaired) electrons. The molecule has 1 amide bonds. The zero-order valence-corrected chi connectivity index (χ0v) is 16.1. The number of carbonyl (C=O) groups excluding carboxylic acids is 1. The number of carbonyl (C=O) groups is 1. The number of benzene rings is 2. The maximum atomic E-state index is 13.2. The summed E-state index contributed by atoms with van der Waals surface area (Å²) in [5.74, 6) is 0.195. The van der Waals surface area contributed by atoms with Gasteiger partial charge in [-0.2, -0.15) is 0 Å². The van der Waals surface area contributed by atoms with E-state index >= 15 is 0 Å². The van der Waals surface area contributed by atoms with Gasteiger partial charge in [-0.15, -0.1) is 0 Å². The molecular weight excluding hydrogens is 336 g/mol. The Morgan fingerprint density at radius 3 is 2.11 bits per heavy atom. The van der Waals surface area contributed by atoms with E-state index in [0.29, 0.717) is 6.54 Å². The van der Waals surface area contributed by atoms with E-state index in [1.807, 2.05) is 4.90 Å². The van der Waals surface area contributed by atoms with Gasteiger partial charge in [-0.25, -0.2) is 5.43 Å². The summed E-state index contributed by atoms with van der Waals surface area (Å²) in [6.45, 7) is 8.20. The number of rotatable bonds is 3. The van der Waals surface area contributed by atoms with E-state index in [2.05, 4.69) is 78.1 Å². The van der Waals surface area contributed by atoms with Gasteiger partial charge < -0.3 is 9.80 Å². The Morgan fingerprint density at radius 2 is 1.48 bits per heavy atom. The van der Waals surface area contributed by atoms with Crippen LogP contribution in [0.5, 0.6) is 0 Å². The summed E-state index contributed by atoms with van der Waals surface area (Å²) < 4.78 is 0. The molecule has 2 aromatic carbocycles. The molecule has 2 N–H and O–H groups in total. The number of hydrogen-bond acceptors (Lipinski definition) is 4. The topological polar surface area (TPSA) is 47.6 Å². The van der Waals surface area contributed by atoms with Crippen molar-refractivity contribution in [1.29, 1.82) is 0 Å². The first-order chi connectivity index (χ1) is 13.1. The monoisotopic (exact) mass is 364 g/mol. The van der Waals surface area contributed by atoms with E-state index in [9.17, 15) is 4.79 Å².